The molecule has 1 aromatic rings. The van der Waals surface area contributed by atoms with Gasteiger partial charge < -0.3 is 15.4 Å². The SMILES string of the molecule is CCOC(=O)c1sc(N2CCSC(C)C2)c(C#N)c1N. The van der Waals surface area contributed by atoms with Crippen molar-refractivity contribution in [2.75, 3.05) is 36.1 Å². The summed E-state index contributed by atoms with van der Waals surface area (Å²) in [6.07, 6.45) is 0. The van der Waals surface area contributed by atoms with Gasteiger partial charge in [0.15, 0.2) is 0 Å². The zero-order chi connectivity index (χ0) is 14.7. The first kappa shape index (κ1) is 15.0. The van der Waals surface area contributed by atoms with Crippen molar-refractivity contribution in [2.24, 2.45) is 0 Å². The van der Waals surface area contributed by atoms with Crippen molar-refractivity contribution < 1.29 is 9.53 Å². The smallest absolute Gasteiger partial charge is 0.350 e. The predicted octanol–water partition coefficient (Wildman–Crippen LogP) is 2.32. The Kier molecular flexibility index (Phi) is 4.78. The van der Waals surface area contributed by atoms with Crippen molar-refractivity contribution in [3.05, 3.63) is 10.4 Å². The Balaban J connectivity index is 2.36. The average Bonchev–Trinajstić information content (AvgIpc) is 2.76. The van der Waals surface area contributed by atoms with Crippen molar-refractivity contribution in [2.45, 2.75) is 19.1 Å². The molecule has 0 saturated carbocycles. The molecule has 0 amide bonds. The van der Waals surface area contributed by atoms with Crippen LogP contribution in [0.1, 0.15) is 29.1 Å². The topological polar surface area (TPSA) is 79.3 Å². The highest BCUT2D eigenvalue weighted by Crippen LogP contribution is 2.39. The number of nitrogen functional groups attached to an aromatic ring is 1. The first-order chi connectivity index (χ1) is 9.58. The van der Waals surface area contributed by atoms with E-state index in [-0.39, 0.29) is 5.69 Å². The van der Waals surface area contributed by atoms with Crippen molar-refractivity contribution >= 4 is 39.8 Å². The summed E-state index contributed by atoms with van der Waals surface area (Å²) in [4.78, 5) is 14.3. The second-order valence-electron chi connectivity index (χ2n) is 4.48. The maximum absolute atomic E-state index is 11.9. The summed E-state index contributed by atoms with van der Waals surface area (Å²) >= 11 is 3.17. The molecule has 0 aliphatic carbocycles. The van der Waals surface area contributed by atoms with E-state index in [1.165, 1.54) is 11.3 Å². The molecule has 1 atom stereocenters. The monoisotopic (exact) mass is 311 g/mol. The molecule has 1 aromatic heterocycles. The summed E-state index contributed by atoms with van der Waals surface area (Å²) in [5, 5.41) is 10.6. The van der Waals surface area contributed by atoms with E-state index < -0.39 is 5.97 Å². The lowest BCUT2D eigenvalue weighted by Gasteiger charge is -2.31. The van der Waals surface area contributed by atoms with Gasteiger partial charge in [-0.15, -0.1) is 11.3 Å². The van der Waals surface area contributed by atoms with E-state index in [1.807, 2.05) is 11.8 Å². The van der Waals surface area contributed by atoms with Gasteiger partial charge in [0.2, 0.25) is 0 Å². The number of carbonyl (C=O) groups excluding carboxylic acids is 1. The van der Waals surface area contributed by atoms with Crippen molar-refractivity contribution in [3.63, 3.8) is 0 Å². The Morgan fingerprint density at radius 2 is 2.40 bits per heavy atom. The largest absolute Gasteiger partial charge is 0.462 e. The minimum atomic E-state index is -0.447. The Labute approximate surface area is 126 Å². The quantitative estimate of drug-likeness (QED) is 0.863. The highest BCUT2D eigenvalue weighted by molar-refractivity contribution is 8.00. The number of ether oxygens (including phenoxy) is 1. The molecule has 1 saturated heterocycles. The lowest BCUT2D eigenvalue weighted by atomic mass is 10.2. The summed E-state index contributed by atoms with van der Waals surface area (Å²) < 4.78 is 4.99. The summed E-state index contributed by atoms with van der Waals surface area (Å²) in [6, 6.07) is 2.12. The van der Waals surface area contributed by atoms with Gasteiger partial charge in [-0.2, -0.15) is 17.0 Å². The molecule has 1 unspecified atom stereocenters. The van der Waals surface area contributed by atoms with E-state index in [9.17, 15) is 10.1 Å². The van der Waals surface area contributed by atoms with Gasteiger partial charge in [-0.05, 0) is 6.92 Å². The molecular formula is C13H17N3O2S2. The van der Waals surface area contributed by atoms with Crippen LogP contribution in [0.15, 0.2) is 0 Å². The van der Waals surface area contributed by atoms with Crippen molar-refractivity contribution in [3.8, 4) is 6.07 Å². The lowest BCUT2D eigenvalue weighted by Crippen LogP contribution is -2.36. The fourth-order valence-electron chi connectivity index (χ4n) is 2.11. The van der Waals surface area contributed by atoms with Crippen molar-refractivity contribution in [1.29, 1.82) is 5.26 Å². The Morgan fingerprint density at radius 3 is 3.00 bits per heavy atom. The Morgan fingerprint density at radius 1 is 1.65 bits per heavy atom. The number of nitriles is 1. The van der Waals surface area contributed by atoms with Crippen LogP contribution in [-0.2, 0) is 4.74 Å². The highest BCUT2D eigenvalue weighted by atomic mass is 32.2. The summed E-state index contributed by atoms with van der Waals surface area (Å²) in [7, 11) is 0. The molecule has 0 aromatic carbocycles. The van der Waals surface area contributed by atoms with Gasteiger partial charge in [0.1, 0.15) is 21.5 Å². The third-order valence-corrected chi connectivity index (χ3v) is 5.41. The molecule has 2 rings (SSSR count). The van der Waals surface area contributed by atoms with Crippen molar-refractivity contribution in [1.82, 2.24) is 0 Å². The minimum absolute atomic E-state index is 0.247. The summed E-state index contributed by atoms with van der Waals surface area (Å²) in [5.74, 6) is 0.565. The number of hydrogen-bond acceptors (Lipinski definition) is 7. The van der Waals surface area contributed by atoms with Crippen LogP contribution in [-0.4, -0.2) is 36.7 Å². The van der Waals surface area contributed by atoms with Gasteiger partial charge in [-0.3, -0.25) is 0 Å². The fraction of sp³-hybridized carbons (Fsp3) is 0.538. The van der Waals surface area contributed by atoms with Crippen LogP contribution >= 0.6 is 23.1 Å². The van der Waals surface area contributed by atoms with E-state index in [4.69, 9.17) is 10.5 Å². The zero-order valence-corrected chi connectivity index (χ0v) is 13.1. The molecule has 0 bridgehead atoms. The second kappa shape index (κ2) is 6.37. The van der Waals surface area contributed by atoms with Gasteiger partial charge in [-0.1, -0.05) is 6.92 Å². The number of nitrogens with two attached hydrogens (primary N) is 1. The number of anilines is 2. The molecule has 2 heterocycles. The molecule has 5 nitrogen and oxygen atoms in total. The standard InChI is InChI=1S/C13H17N3O2S2/c1-3-18-13(17)11-10(15)9(6-14)12(20-11)16-4-5-19-8(2)7-16/h8H,3-5,7,15H2,1-2H3. The number of rotatable bonds is 3. The first-order valence-corrected chi connectivity index (χ1v) is 8.31. The van der Waals surface area contributed by atoms with Gasteiger partial charge in [-0.25, -0.2) is 4.79 Å². The second-order valence-corrected chi connectivity index (χ2v) is 7.03. The molecule has 0 radical (unpaired) electrons. The molecule has 20 heavy (non-hydrogen) atoms. The zero-order valence-electron chi connectivity index (χ0n) is 11.5. The van der Waals surface area contributed by atoms with Crippen LogP contribution in [0.2, 0.25) is 0 Å². The summed E-state index contributed by atoms with van der Waals surface area (Å²) in [5.41, 5.74) is 6.59. The fourth-order valence-corrected chi connectivity index (χ4v) is 4.23. The van der Waals surface area contributed by atoms with E-state index >= 15 is 0 Å². The average molecular weight is 311 g/mol. The molecule has 7 heteroatoms. The lowest BCUT2D eigenvalue weighted by molar-refractivity contribution is 0.0533. The van der Waals surface area contributed by atoms with Gasteiger partial charge >= 0.3 is 5.97 Å². The normalized spacial score (nSPS) is 18.6. The van der Waals surface area contributed by atoms with E-state index in [0.717, 1.165) is 23.8 Å². The van der Waals surface area contributed by atoms with Crippen LogP contribution in [0.4, 0.5) is 10.7 Å². The van der Waals surface area contributed by atoms with Crippen LogP contribution in [0.25, 0.3) is 0 Å². The number of esters is 1. The van der Waals surface area contributed by atoms with Crippen LogP contribution < -0.4 is 10.6 Å². The number of thioether (sulfide) groups is 1. The Hall–Kier alpha value is -1.39. The Bertz CT molecular complexity index is 551. The van der Waals surface area contributed by atoms with Crippen LogP contribution in [0.5, 0.6) is 0 Å². The maximum atomic E-state index is 11.9. The van der Waals surface area contributed by atoms with Gasteiger partial charge in [0.25, 0.3) is 0 Å². The van der Waals surface area contributed by atoms with Gasteiger partial charge in [0.05, 0.1) is 12.3 Å². The first-order valence-electron chi connectivity index (χ1n) is 6.44. The van der Waals surface area contributed by atoms with Gasteiger partial charge in [0, 0.05) is 24.1 Å². The predicted molar refractivity (Wildman–Crippen MR) is 83.5 cm³/mol. The molecular weight excluding hydrogens is 294 g/mol. The third kappa shape index (κ3) is 2.86. The molecule has 1 fully saturated rings. The number of carbonyl (C=O) groups is 1. The molecule has 0 spiro atoms. The van der Waals surface area contributed by atoms with E-state index in [2.05, 4.69) is 17.9 Å². The van der Waals surface area contributed by atoms with E-state index in [1.54, 1.807) is 6.92 Å². The van der Waals surface area contributed by atoms with E-state index in [0.29, 0.717) is 22.3 Å². The molecule has 108 valence electrons. The molecule has 2 N–H and O–H groups in total. The minimum Gasteiger partial charge on any atom is -0.462 e. The third-order valence-electron chi connectivity index (χ3n) is 3.03. The number of thiophene rings is 1. The number of nitrogens with zero attached hydrogens (tertiary/aromatic N) is 2. The maximum Gasteiger partial charge on any atom is 0.350 e. The highest BCUT2D eigenvalue weighted by Gasteiger charge is 2.27. The summed E-state index contributed by atoms with van der Waals surface area (Å²) in [6.45, 7) is 5.93. The van der Waals surface area contributed by atoms with Crippen LogP contribution in [0.3, 0.4) is 0 Å². The molecule has 1 aliphatic rings. The van der Waals surface area contributed by atoms with Crippen LogP contribution in [0, 0.1) is 11.3 Å². The number of hydrogen-bond donors (Lipinski definition) is 1. The molecule has 1 aliphatic heterocycles.